The van der Waals surface area contributed by atoms with Crippen LogP contribution in [-0.4, -0.2) is 29.8 Å². The number of benzene rings is 1. The highest BCUT2D eigenvalue weighted by molar-refractivity contribution is 7.19. The highest BCUT2D eigenvalue weighted by Crippen LogP contribution is 2.23. The molecule has 1 amide bonds. The monoisotopic (exact) mass is 334 g/mol. The van der Waals surface area contributed by atoms with E-state index in [1.807, 2.05) is 24.3 Å². The molecule has 0 radical (unpaired) electrons. The van der Waals surface area contributed by atoms with Crippen molar-refractivity contribution in [3.63, 3.8) is 0 Å². The normalized spacial score (nSPS) is 12.1. The number of esters is 1. The van der Waals surface area contributed by atoms with Crippen molar-refractivity contribution < 1.29 is 19.1 Å². The van der Waals surface area contributed by atoms with Gasteiger partial charge >= 0.3 is 12.1 Å². The van der Waals surface area contributed by atoms with Crippen molar-refractivity contribution in [1.29, 1.82) is 0 Å². The molecular formula is C16H18N2O4S. The van der Waals surface area contributed by atoms with Gasteiger partial charge in [-0.25, -0.2) is 14.6 Å². The van der Waals surface area contributed by atoms with Gasteiger partial charge in [0, 0.05) is 6.08 Å². The molecule has 1 aromatic heterocycles. The van der Waals surface area contributed by atoms with Crippen molar-refractivity contribution >= 4 is 39.7 Å². The predicted octanol–water partition coefficient (Wildman–Crippen LogP) is 3.33. The molecule has 7 heteroatoms. The minimum Gasteiger partial charge on any atom is -0.464 e. The molecule has 0 aliphatic rings. The molecule has 0 fully saturated rings. The summed E-state index contributed by atoms with van der Waals surface area (Å²) < 4.78 is 10.8. The first kappa shape index (κ1) is 17.0. The molecule has 1 N–H and O–H groups in total. The van der Waals surface area contributed by atoms with Crippen molar-refractivity contribution in [2.24, 2.45) is 0 Å². The van der Waals surface area contributed by atoms with Gasteiger partial charge in [0.15, 0.2) is 0 Å². The molecule has 122 valence electrons. The minimum atomic E-state index is -0.727. The number of nitrogens with one attached hydrogen (secondary N) is 1. The van der Waals surface area contributed by atoms with Crippen molar-refractivity contribution in [2.45, 2.75) is 26.4 Å². The van der Waals surface area contributed by atoms with Crippen molar-refractivity contribution in [1.82, 2.24) is 10.3 Å². The summed E-state index contributed by atoms with van der Waals surface area (Å²) in [6, 6.07) is 7.61. The summed E-state index contributed by atoms with van der Waals surface area (Å²) in [5.74, 6) is -0.671. The van der Waals surface area contributed by atoms with Crippen LogP contribution >= 0.6 is 11.3 Å². The number of alkyl carbamates (subject to hydrolysis) is 1. The number of methoxy groups -OCH3 is 1. The Morgan fingerprint density at radius 2 is 1.96 bits per heavy atom. The molecule has 0 unspecified atom stereocenters. The first-order valence-corrected chi connectivity index (χ1v) is 7.76. The Bertz CT molecular complexity index is 726. The summed E-state index contributed by atoms with van der Waals surface area (Å²) >= 11 is 1.41. The molecule has 2 aromatic rings. The lowest BCUT2D eigenvalue weighted by molar-refractivity contribution is -0.136. The molecule has 1 heterocycles. The number of fused-ring (bicyclic) bond motifs is 1. The summed E-state index contributed by atoms with van der Waals surface area (Å²) in [5, 5.41) is 2.99. The minimum absolute atomic E-state index is 0.0270. The lowest BCUT2D eigenvalue weighted by atomic mass is 10.2. The number of aromatic nitrogens is 1. The molecule has 2 rings (SSSR count). The number of hydrogen-bond donors (Lipinski definition) is 1. The van der Waals surface area contributed by atoms with Crippen molar-refractivity contribution in [3.8, 4) is 0 Å². The van der Waals surface area contributed by atoms with E-state index in [1.54, 1.807) is 20.8 Å². The number of hydrogen-bond acceptors (Lipinski definition) is 6. The van der Waals surface area contributed by atoms with Gasteiger partial charge in [-0.3, -0.25) is 5.32 Å². The quantitative estimate of drug-likeness (QED) is 0.688. The van der Waals surface area contributed by atoms with E-state index in [1.165, 1.54) is 24.5 Å². The first-order valence-electron chi connectivity index (χ1n) is 6.94. The number of carbonyl (C=O) groups is 2. The van der Waals surface area contributed by atoms with Gasteiger partial charge in [-0.15, -0.1) is 11.3 Å². The largest absolute Gasteiger partial charge is 0.464 e. The SMILES string of the molecule is COC(=O)C(=Cc1nc2ccccc2s1)NC(=O)OC(C)(C)C. The van der Waals surface area contributed by atoms with Crippen LogP contribution in [-0.2, 0) is 14.3 Å². The second-order valence-corrected chi connectivity index (χ2v) is 6.76. The third-order valence-corrected chi connectivity index (χ3v) is 3.60. The van der Waals surface area contributed by atoms with E-state index in [0.717, 1.165) is 10.2 Å². The maximum absolute atomic E-state index is 11.9. The zero-order valence-electron chi connectivity index (χ0n) is 13.4. The molecule has 0 aliphatic carbocycles. The summed E-state index contributed by atoms with van der Waals surface area (Å²) in [6.07, 6.45) is 0.746. The van der Waals surface area contributed by atoms with Crippen LogP contribution in [0.1, 0.15) is 25.8 Å². The van der Waals surface area contributed by atoms with E-state index in [-0.39, 0.29) is 5.70 Å². The van der Waals surface area contributed by atoms with Crippen LogP contribution in [0.5, 0.6) is 0 Å². The van der Waals surface area contributed by atoms with Gasteiger partial charge in [0.05, 0.1) is 17.3 Å². The predicted molar refractivity (Wildman–Crippen MR) is 89.0 cm³/mol. The molecule has 0 saturated carbocycles. The van der Waals surface area contributed by atoms with Gasteiger partial charge in [0.1, 0.15) is 16.3 Å². The molecule has 6 nitrogen and oxygen atoms in total. The maximum Gasteiger partial charge on any atom is 0.412 e. The summed E-state index contributed by atoms with van der Waals surface area (Å²) in [7, 11) is 1.24. The fourth-order valence-electron chi connectivity index (χ4n) is 1.74. The third kappa shape index (κ3) is 4.79. The van der Waals surface area contributed by atoms with Gasteiger partial charge in [-0.1, -0.05) is 12.1 Å². The van der Waals surface area contributed by atoms with E-state index in [4.69, 9.17) is 4.74 Å². The van der Waals surface area contributed by atoms with Gasteiger partial charge in [-0.2, -0.15) is 0 Å². The topological polar surface area (TPSA) is 77.5 Å². The average molecular weight is 334 g/mol. The second-order valence-electron chi connectivity index (χ2n) is 5.70. The van der Waals surface area contributed by atoms with Crippen molar-refractivity contribution in [2.75, 3.05) is 7.11 Å². The zero-order valence-corrected chi connectivity index (χ0v) is 14.2. The Labute approximate surface area is 138 Å². The van der Waals surface area contributed by atoms with Gasteiger partial charge in [0.2, 0.25) is 0 Å². The highest BCUT2D eigenvalue weighted by Gasteiger charge is 2.20. The molecule has 23 heavy (non-hydrogen) atoms. The Morgan fingerprint density at radius 1 is 1.26 bits per heavy atom. The number of amides is 1. The van der Waals surface area contributed by atoms with E-state index < -0.39 is 17.7 Å². The Hall–Kier alpha value is -2.41. The van der Waals surface area contributed by atoms with Gasteiger partial charge in [-0.05, 0) is 32.9 Å². The lowest BCUT2D eigenvalue weighted by Crippen LogP contribution is -2.34. The van der Waals surface area contributed by atoms with Crippen molar-refractivity contribution in [3.05, 3.63) is 35.0 Å². The number of ether oxygens (including phenoxy) is 2. The standard InChI is InChI=1S/C16H18N2O4S/c1-16(2,3)22-15(20)18-11(14(19)21-4)9-13-17-10-7-5-6-8-12(10)23-13/h5-9H,1-4H3,(H,18,20). The number of para-hydroxylation sites is 1. The molecule has 0 saturated heterocycles. The van der Waals surface area contributed by atoms with Crippen LogP contribution in [0.2, 0.25) is 0 Å². The fraction of sp³-hybridized carbons (Fsp3) is 0.312. The van der Waals surface area contributed by atoms with E-state index >= 15 is 0 Å². The maximum atomic E-state index is 11.9. The van der Waals surface area contributed by atoms with Crippen LogP contribution in [0.25, 0.3) is 16.3 Å². The number of nitrogens with zero attached hydrogens (tertiary/aromatic N) is 1. The van der Waals surface area contributed by atoms with Gasteiger partial charge < -0.3 is 9.47 Å². The highest BCUT2D eigenvalue weighted by atomic mass is 32.1. The smallest absolute Gasteiger partial charge is 0.412 e. The van der Waals surface area contributed by atoms with E-state index in [2.05, 4.69) is 15.0 Å². The van der Waals surface area contributed by atoms with Crippen LogP contribution in [0.15, 0.2) is 30.0 Å². The van der Waals surface area contributed by atoms with Crippen LogP contribution < -0.4 is 5.32 Å². The van der Waals surface area contributed by atoms with Crippen LogP contribution in [0, 0.1) is 0 Å². The molecule has 0 bridgehead atoms. The Balaban J connectivity index is 2.27. The van der Waals surface area contributed by atoms with E-state index in [9.17, 15) is 9.59 Å². The summed E-state index contributed by atoms with van der Waals surface area (Å²) in [5.41, 5.74) is 0.132. The average Bonchev–Trinajstić information content (AvgIpc) is 2.86. The lowest BCUT2D eigenvalue weighted by Gasteiger charge is -2.19. The molecule has 0 spiro atoms. The number of rotatable bonds is 3. The summed E-state index contributed by atoms with van der Waals surface area (Å²) in [4.78, 5) is 28.1. The molecule has 0 aliphatic heterocycles. The second kappa shape index (κ2) is 6.78. The number of carbonyl (C=O) groups excluding carboxylic acids is 2. The fourth-order valence-corrected chi connectivity index (χ4v) is 2.66. The zero-order chi connectivity index (χ0) is 17.0. The molecule has 0 atom stereocenters. The third-order valence-electron chi connectivity index (χ3n) is 2.62. The summed E-state index contributed by atoms with van der Waals surface area (Å²) in [6.45, 7) is 5.21. The Kier molecular flexibility index (Phi) is 5.00. The van der Waals surface area contributed by atoms with Crippen LogP contribution in [0.4, 0.5) is 4.79 Å². The van der Waals surface area contributed by atoms with Crippen LogP contribution in [0.3, 0.4) is 0 Å². The van der Waals surface area contributed by atoms with E-state index in [0.29, 0.717) is 5.01 Å². The number of thiazole rings is 1. The van der Waals surface area contributed by atoms with Gasteiger partial charge in [0.25, 0.3) is 0 Å². The Morgan fingerprint density at radius 3 is 2.57 bits per heavy atom. The first-order chi connectivity index (χ1) is 10.8. The molecule has 1 aromatic carbocycles. The molecular weight excluding hydrogens is 316 g/mol.